The number of aliphatic hydroxyl groups is 1. The average molecular weight is 705 g/mol. The standard InChI is InChI=1S/C25H40N10O12S/c26-25(27)28-5-1-2-11-20(43)29-8-17(38)32-13(6-19(41)42)23(46)34-14(9-36)24(47)33-12(3-4-18(39)40)22(45)35-15(10-48)21(44)30-7-16(37)31-11/h11-15,36,48H,1-10H2,(H,29,43)(H,30,44)(H,31,37)(H,32,38)(H,33,47)(H,34,46)(H,35,45)(H,39,40)(H,41,42)(H4,26,27,28)/t11-,12-,13-,14-,15-/m0/s1. The third-order valence-corrected chi connectivity index (χ3v) is 6.75. The van der Waals surface area contributed by atoms with Gasteiger partial charge in [-0.2, -0.15) is 12.6 Å². The second-order valence-corrected chi connectivity index (χ2v) is 10.6. The Morgan fingerprint density at radius 2 is 1.17 bits per heavy atom. The predicted molar refractivity (Wildman–Crippen MR) is 166 cm³/mol. The maximum atomic E-state index is 13.0. The predicted octanol–water partition coefficient (Wildman–Crippen LogP) is -7.03. The SMILES string of the molecule is NC(N)=NCCC[C@@H]1NC(=O)CNC(=O)[C@H](CS)NC(=O)[C@H](CCC(=O)O)NC(=O)[C@H](CO)NC(=O)[C@H](CC(=O)O)NC(=O)CNC1=O. The van der Waals surface area contributed by atoms with Crippen molar-refractivity contribution in [3.8, 4) is 0 Å². The van der Waals surface area contributed by atoms with E-state index in [4.69, 9.17) is 16.6 Å². The van der Waals surface area contributed by atoms with Crippen molar-refractivity contribution in [2.45, 2.75) is 62.3 Å². The van der Waals surface area contributed by atoms with Crippen LogP contribution in [0.2, 0.25) is 0 Å². The van der Waals surface area contributed by atoms with Gasteiger partial charge in [0.2, 0.25) is 41.4 Å². The van der Waals surface area contributed by atoms with Crippen molar-refractivity contribution in [3.63, 3.8) is 0 Å². The van der Waals surface area contributed by atoms with Crippen LogP contribution in [-0.2, 0) is 43.2 Å². The monoisotopic (exact) mass is 704 g/mol. The van der Waals surface area contributed by atoms with Crippen LogP contribution in [-0.4, -0.2) is 137 Å². The van der Waals surface area contributed by atoms with E-state index in [-0.39, 0.29) is 31.1 Å². The number of aliphatic imine (C=N–C) groups is 1. The molecule has 48 heavy (non-hydrogen) atoms. The van der Waals surface area contributed by atoms with Gasteiger partial charge < -0.3 is 64.0 Å². The summed E-state index contributed by atoms with van der Waals surface area (Å²) in [7, 11) is 0. The number of carboxylic acid groups (broad SMARTS) is 2. The third kappa shape index (κ3) is 15.4. The molecule has 14 N–H and O–H groups in total. The van der Waals surface area contributed by atoms with Gasteiger partial charge in [-0.25, -0.2) is 0 Å². The normalized spacial score (nSPS) is 23.8. The molecule has 0 spiro atoms. The molecule has 1 fully saturated rings. The lowest BCUT2D eigenvalue weighted by molar-refractivity contribution is -0.141. The third-order valence-electron chi connectivity index (χ3n) is 6.38. The summed E-state index contributed by atoms with van der Waals surface area (Å²) in [6.07, 6.45) is -2.02. The maximum absolute atomic E-state index is 13.0. The smallest absolute Gasteiger partial charge is 0.305 e. The summed E-state index contributed by atoms with van der Waals surface area (Å²) < 4.78 is 0. The largest absolute Gasteiger partial charge is 0.481 e. The van der Waals surface area contributed by atoms with E-state index < -0.39 is 122 Å². The summed E-state index contributed by atoms with van der Waals surface area (Å²) in [5.74, 6) is -10.7. The van der Waals surface area contributed by atoms with Crippen LogP contribution in [0.4, 0.5) is 0 Å². The van der Waals surface area contributed by atoms with Gasteiger partial charge in [0.15, 0.2) is 5.96 Å². The molecule has 1 rings (SSSR count). The van der Waals surface area contributed by atoms with Crippen molar-refractivity contribution in [1.29, 1.82) is 0 Å². The lowest BCUT2D eigenvalue weighted by Crippen LogP contribution is -2.59. The van der Waals surface area contributed by atoms with Crippen molar-refractivity contribution in [2.75, 3.05) is 32.0 Å². The number of hydrogen-bond donors (Lipinski definition) is 13. The Hall–Kier alpha value is -5.19. The molecule has 23 heteroatoms. The van der Waals surface area contributed by atoms with Gasteiger partial charge in [0, 0.05) is 18.7 Å². The quantitative estimate of drug-likeness (QED) is 0.0411. The number of aliphatic carboxylic acids is 2. The molecule has 0 aromatic carbocycles. The van der Waals surface area contributed by atoms with Crippen molar-refractivity contribution in [3.05, 3.63) is 0 Å². The van der Waals surface area contributed by atoms with E-state index in [0.29, 0.717) is 0 Å². The Morgan fingerprint density at radius 3 is 1.69 bits per heavy atom. The van der Waals surface area contributed by atoms with Crippen LogP contribution < -0.4 is 48.7 Å². The number of aliphatic hydroxyl groups excluding tert-OH is 1. The number of carbonyl (C=O) groups excluding carboxylic acids is 7. The van der Waals surface area contributed by atoms with Crippen LogP contribution >= 0.6 is 12.6 Å². The second-order valence-electron chi connectivity index (χ2n) is 10.2. The highest BCUT2D eigenvalue weighted by Crippen LogP contribution is 2.03. The summed E-state index contributed by atoms with van der Waals surface area (Å²) in [5, 5.41) is 43.5. The molecular formula is C25H40N10O12S. The number of carboxylic acids is 2. The molecule has 0 bridgehead atoms. The summed E-state index contributed by atoms with van der Waals surface area (Å²) in [6, 6.07) is -7.97. The van der Waals surface area contributed by atoms with Crippen molar-refractivity contribution in [2.24, 2.45) is 16.5 Å². The number of nitrogens with two attached hydrogens (primary N) is 2. The Labute approximate surface area is 278 Å². The number of rotatable bonds is 11. The zero-order chi connectivity index (χ0) is 36.4. The zero-order valence-corrected chi connectivity index (χ0v) is 26.4. The first kappa shape index (κ1) is 40.8. The summed E-state index contributed by atoms with van der Waals surface area (Å²) in [4.78, 5) is 116. The summed E-state index contributed by atoms with van der Waals surface area (Å²) >= 11 is 4.01. The van der Waals surface area contributed by atoms with Crippen molar-refractivity contribution in [1.82, 2.24) is 37.2 Å². The molecule has 0 radical (unpaired) electrons. The molecule has 22 nitrogen and oxygen atoms in total. The highest BCUT2D eigenvalue weighted by atomic mass is 32.1. The molecule has 5 atom stereocenters. The van der Waals surface area contributed by atoms with E-state index in [9.17, 15) is 53.4 Å². The highest BCUT2D eigenvalue weighted by Gasteiger charge is 2.32. The number of hydrogen-bond acceptors (Lipinski definition) is 12. The molecule has 1 aliphatic heterocycles. The molecule has 1 aliphatic rings. The van der Waals surface area contributed by atoms with Crippen molar-refractivity contribution >= 4 is 71.9 Å². The lowest BCUT2D eigenvalue weighted by Gasteiger charge is -2.25. The number of guanidine groups is 1. The van der Waals surface area contributed by atoms with Crippen LogP contribution in [0.25, 0.3) is 0 Å². The van der Waals surface area contributed by atoms with E-state index in [0.717, 1.165) is 0 Å². The van der Waals surface area contributed by atoms with Gasteiger partial charge in [0.1, 0.15) is 30.2 Å². The van der Waals surface area contributed by atoms with Gasteiger partial charge in [-0.15, -0.1) is 0 Å². The fourth-order valence-corrected chi connectivity index (χ4v) is 4.23. The van der Waals surface area contributed by atoms with Gasteiger partial charge in [-0.05, 0) is 19.3 Å². The Kier molecular flexibility index (Phi) is 17.7. The van der Waals surface area contributed by atoms with E-state index in [1.54, 1.807) is 0 Å². The first-order valence-electron chi connectivity index (χ1n) is 14.3. The minimum Gasteiger partial charge on any atom is -0.481 e. The Morgan fingerprint density at radius 1 is 0.688 bits per heavy atom. The molecule has 7 amide bonds. The van der Waals surface area contributed by atoms with Crippen LogP contribution in [0.3, 0.4) is 0 Å². The molecule has 0 aromatic heterocycles. The lowest BCUT2D eigenvalue weighted by atomic mass is 10.1. The summed E-state index contributed by atoms with van der Waals surface area (Å²) in [6.45, 7) is -2.51. The van der Waals surface area contributed by atoms with Gasteiger partial charge in [-0.3, -0.25) is 48.1 Å². The topological polar surface area (TPSA) is 363 Å². The number of thiol groups is 1. The Balaban J connectivity index is 3.42. The fraction of sp³-hybridized carbons (Fsp3) is 0.600. The number of carbonyl (C=O) groups is 9. The van der Waals surface area contributed by atoms with E-state index >= 15 is 0 Å². The molecule has 1 heterocycles. The first-order chi connectivity index (χ1) is 22.6. The molecule has 1 saturated heterocycles. The minimum atomic E-state index is -1.82. The van der Waals surface area contributed by atoms with Gasteiger partial charge in [0.25, 0.3) is 0 Å². The average Bonchev–Trinajstić information content (AvgIpc) is 3.01. The van der Waals surface area contributed by atoms with Crippen LogP contribution in [0.15, 0.2) is 4.99 Å². The van der Waals surface area contributed by atoms with Gasteiger partial charge in [0.05, 0.1) is 26.1 Å². The molecular weight excluding hydrogens is 664 g/mol. The molecule has 0 aliphatic carbocycles. The highest BCUT2D eigenvalue weighted by molar-refractivity contribution is 7.80. The molecule has 0 saturated carbocycles. The number of amides is 7. The second kappa shape index (κ2) is 20.8. The van der Waals surface area contributed by atoms with Gasteiger partial charge >= 0.3 is 11.9 Å². The van der Waals surface area contributed by atoms with Crippen LogP contribution in [0, 0.1) is 0 Å². The van der Waals surface area contributed by atoms with Crippen LogP contribution in [0.1, 0.15) is 32.1 Å². The fourth-order valence-electron chi connectivity index (χ4n) is 3.97. The van der Waals surface area contributed by atoms with Crippen molar-refractivity contribution < 1.29 is 58.5 Å². The van der Waals surface area contributed by atoms with E-state index in [1.807, 2.05) is 5.32 Å². The first-order valence-corrected chi connectivity index (χ1v) is 15.0. The molecule has 268 valence electrons. The minimum absolute atomic E-state index is 0.0510. The van der Waals surface area contributed by atoms with Crippen LogP contribution in [0.5, 0.6) is 0 Å². The number of nitrogens with one attached hydrogen (secondary N) is 7. The number of nitrogens with zero attached hydrogens (tertiary/aromatic N) is 1. The van der Waals surface area contributed by atoms with E-state index in [1.165, 1.54) is 0 Å². The molecule has 0 unspecified atom stereocenters. The van der Waals surface area contributed by atoms with E-state index in [2.05, 4.69) is 49.5 Å². The Bertz CT molecular complexity index is 1260. The maximum Gasteiger partial charge on any atom is 0.305 e. The molecule has 0 aromatic rings. The zero-order valence-electron chi connectivity index (χ0n) is 25.5. The summed E-state index contributed by atoms with van der Waals surface area (Å²) in [5.41, 5.74) is 10.6. The van der Waals surface area contributed by atoms with Gasteiger partial charge in [-0.1, -0.05) is 0 Å².